The lowest BCUT2D eigenvalue weighted by Crippen LogP contribution is -2.37. The first-order valence-corrected chi connectivity index (χ1v) is 8.51. The molecule has 2 aliphatic rings. The summed E-state index contributed by atoms with van der Waals surface area (Å²) in [6.07, 6.45) is 7.18. The van der Waals surface area contributed by atoms with Gasteiger partial charge >= 0.3 is 0 Å². The van der Waals surface area contributed by atoms with Crippen molar-refractivity contribution in [3.63, 3.8) is 0 Å². The first kappa shape index (κ1) is 18.2. The van der Waals surface area contributed by atoms with E-state index in [0.717, 1.165) is 32.2 Å². The molecule has 2 unspecified atom stereocenters. The molecule has 2 N–H and O–H groups in total. The van der Waals surface area contributed by atoms with Gasteiger partial charge in [-0.05, 0) is 44.2 Å². The average Bonchev–Trinajstić information content (AvgIpc) is 3.19. The topological polar surface area (TPSA) is 41.1 Å². The first-order chi connectivity index (χ1) is 10.7. The summed E-state index contributed by atoms with van der Waals surface area (Å²) in [7, 11) is 0. The molecule has 0 bridgehead atoms. The molecule has 2 atom stereocenters. The van der Waals surface area contributed by atoms with E-state index in [9.17, 15) is 9.18 Å². The van der Waals surface area contributed by atoms with Gasteiger partial charge in [-0.1, -0.05) is 31.0 Å². The maximum absolute atomic E-state index is 14.2. The third-order valence-corrected chi connectivity index (χ3v) is 5.02. The van der Waals surface area contributed by atoms with E-state index in [2.05, 4.69) is 10.6 Å². The van der Waals surface area contributed by atoms with Crippen molar-refractivity contribution in [2.24, 2.45) is 5.92 Å². The van der Waals surface area contributed by atoms with Gasteiger partial charge in [-0.3, -0.25) is 4.79 Å². The minimum absolute atomic E-state index is 0. The van der Waals surface area contributed by atoms with Crippen molar-refractivity contribution in [2.45, 2.75) is 57.0 Å². The number of carbonyl (C=O) groups is 1. The highest BCUT2D eigenvalue weighted by Crippen LogP contribution is 2.36. The fourth-order valence-electron chi connectivity index (χ4n) is 3.85. The summed E-state index contributed by atoms with van der Waals surface area (Å²) in [5.41, 5.74) is 0.641. The molecular weight excluding hydrogens is 315 g/mol. The summed E-state index contributed by atoms with van der Waals surface area (Å²) < 4.78 is 14.2. The van der Waals surface area contributed by atoms with Gasteiger partial charge in [-0.2, -0.15) is 0 Å². The van der Waals surface area contributed by atoms with Crippen LogP contribution in [-0.2, 0) is 4.79 Å². The Morgan fingerprint density at radius 2 is 1.96 bits per heavy atom. The predicted octanol–water partition coefficient (Wildman–Crippen LogP) is 3.74. The molecule has 1 saturated carbocycles. The average molecular weight is 341 g/mol. The van der Waals surface area contributed by atoms with Crippen LogP contribution in [0.2, 0.25) is 0 Å². The third-order valence-electron chi connectivity index (χ3n) is 5.02. The van der Waals surface area contributed by atoms with E-state index in [0.29, 0.717) is 17.9 Å². The van der Waals surface area contributed by atoms with Crippen molar-refractivity contribution >= 4 is 18.3 Å². The van der Waals surface area contributed by atoms with Crippen LogP contribution in [0.3, 0.4) is 0 Å². The van der Waals surface area contributed by atoms with Gasteiger partial charge in [0.1, 0.15) is 5.82 Å². The van der Waals surface area contributed by atoms with Crippen LogP contribution in [0.5, 0.6) is 0 Å². The van der Waals surface area contributed by atoms with E-state index in [1.807, 2.05) is 12.1 Å². The van der Waals surface area contributed by atoms with Crippen LogP contribution in [0.25, 0.3) is 0 Å². The van der Waals surface area contributed by atoms with Gasteiger partial charge in [0.25, 0.3) is 0 Å². The van der Waals surface area contributed by atoms with Crippen molar-refractivity contribution in [1.29, 1.82) is 0 Å². The van der Waals surface area contributed by atoms with Crippen LogP contribution in [-0.4, -0.2) is 18.5 Å². The highest BCUT2D eigenvalue weighted by molar-refractivity contribution is 5.85. The Morgan fingerprint density at radius 1 is 1.22 bits per heavy atom. The number of benzene rings is 1. The standard InChI is InChI=1S/C18H25FN2O.ClH/c19-16-10-4-3-9-15(16)18(13-6-1-2-7-13)21-17(22)12-14-8-5-11-20-14;/h3-4,9-10,13-14,18,20H,1-2,5-8,11-12H2,(H,21,22);1H. The maximum atomic E-state index is 14.2. The Hall–Kier alpha value is -1.13. The number of amides is 1. The fraction of sp³-hybridized carbons (Fsp3) is 0.611. The molecule has 1 amide bonds. The molecule has 1 aromatic rings. The number of hydrogen-bond acceptors (Lipinski definition) is 2. The van der Waals surface area contributed by atoms with Crippen LogP contribution in [0.1, 0.15) is 56.6 Å². The number of carbonyl (C=O) groups excluding carboxylic acids is 1. The molecule has 2 fully saturated rings. The third kappa shape index (κ3) is 4.67. The van der Waals surface area contributed by atoms with Gasteiger partial charge in [0.05, 0.1) is 6.04 Å². The molecule has 1 aromatic carbocycles. The molecule has 0 spiro atoms. The summed E-state index contributed by atoms with van der Waals surface area (Å²) >= 11 is 0. The second-order valence-electron chi connectivity index (χ2n) is 6.61. The first-order valence-electron chi connectivity index (χ1n) is 8.51. The van der Waals surface area contributed by atoms with Crippen molar-refractivity contribution in [3.8, 4) is 0 Å². The second kappa shape index (κ2) is 8.65. The van der Waals surface area contributed by atoms with E-state index < -0.39 is 0 Å². The van der Waals surface area contributed by atoms with Gasteiger partial charge in [0.15, 0.2) is 0 Å². The Balaban J connectivity index is 0.00000192. The maximum Gasteiger partial charge on any atom is 0.222 e. The van der Waals surface area contributed by atoms with Crippen LogP contribution < -0.4 is 10.6 Å². The zero-order chi connectivity index (χ0) is 15.4. The summed E-state index contributed by atoms with van der Waals surface area (Å²) in [5, 5.41) is 6.47. The molecule has 0 aromatic heterocycles. The van der Waals surface area contributed by atoms with Crippen LogP contribution in [0.15, 0.2) is 24.3 Å². The van der Waals surface area contributed by atoms with E-state index in [1.165, 1.54) is 18.9 Å². The lowest BCUT2D eigenvalue weighted by molar-refractivity contribution is -0.122. The van der Waals surface area contributed by atoms with E-state index >= 15 is 0 Å². The SMILES string of the molecule is Cl.O=C(CC1CCCN1)NC(c1ccccc1F)C1CCCC1. The highest BCUT2D eigenvalue weighted by atomic mass is 35.5. The number of nitrogens with one attached hydrogen (secondary N) is 2. The normalized spacial score (nSPS) is 22.6. The lowest BCUT2D eigenvalue weighted by atomic mass is 9.91. The molecule has 1 aliphatic carbocycles. The van der Waals surface area contributed by atoms with Crippen molar-refractivity contribution in [1.82, 2.24) is 10.6 Å². The number of rotatable bonds is 5. The van der Waals surface area contributed by atoms with Crippen molar-refractivity contribution in [3.05, 3.63) is 35.6 Å². The molecule has 23 heavy (non-hydrogen) atoms. The highest BCUT2D eigenvalue weighted by Gasteiger charge is 2.30. The van der Waals surface area contributed by atoms with Crippen molar-refractivity contribution in [2.75, 3.05) is 6.54 Å². The van der Waals surface area contributed by atoms with Crippen LogP contribution in [0.4, 0.5) is 4.39 Å². The fourth-order valence-corrected chi connectivity index (χ4v) is 3.85. The Bertz CT molecular complexity index is 513. The summed E-state index contributed by atoms with van der Waals surface area (Å²) in [4.78, 5) is 12.4. The van der Waals surface area contributed by atoms with Crippen LogP contribution >= 0.6 is 12.4 Å². The zero-order valence-electron chi connectivity index (χ0n) is 13.4. The summed E-state index contributed by atoms with van der Waals surface area (Å²) in [6.45, 7) is 0.997. The largest absolute Gasteiger partial charge is 0.349 e. The quantitative estimate of drug-likeness (QED) is 0.857. The van der Waals surface area contributed by atoms with Gasteiger partial charge in [-0.25, -0.2) is 4.39 Å². The Kier molecular flexibility index (Phi) is 6.85. The van der Waals surface area contributed by atoms with Crippen LogP contribution in [0, 0.1) is 11.7 Å². The Labute approximate surface area is 143 Å². The predicted molar refractivity (Wildman–Crippen MR) is 92.1 cm³/mol. The lowest BCUT2D eigenvalue weighted by Gasteiger charge is -2.26. The summed E-state index contributed by atoms with van der Waals surface area (Å²) in [5.74, 6) is 0.190. The summed E-state index contributed by atoms with van der Waals surface area (Å²) in [6, 6.07) is 6.95. The molecule has 5 heteroatoms. The second-order valence-corrected chi connectivity index (χ2v) is 6.61. The zero-order valence-corrected chi connectivity index (χ0v) is 14.2. The molecular formula is C18H26ClFN2O. The van der Waals surface area contributed by atoms with Gasteiger partial charge in [0, 0.05) is 18.0 Å². The minimum Gasteiger partial charge on any atom is -0.349 e. The van der Waals surface area contributed by atoms with E-state index in [1.54, 1.807) is 6.07 Å². The van der Waals surface area contributed by atoms with Gasteiger partial charge in [0.2, 0.25) is 5.91 Å². The molecule has 1 saturated heterocycles. The van der Waals surface area contributed by atoms with Gasteiger partial charge < -0.3 is 10.6 Å². The molecule has 1 aliphatic heterocycles. The van der Waals surface area contributed by atoms with Gasteiger partial charge in [-0.15, -0.1) is 12.4 Å². The number of halogens is 2. The Morgan fingerprint density at radius 3 is 2.61 bits per heavy atom. The van der Waals surface area contributed by atoms with E-state index in [4.69, 9.17) is 0 Å². The monoisotopic (exact) mass is 340 g/mol. The molecule has 3 rings (SSSR count). The molecule has 128 valence electrons. The van der Waals surface area contributed by atoms with Crippen molar-refractivity contribution < 1.29 is 9.18 Å². The van der Waals surface area contributed by atoms with E-state index in [-0.39, 0.29) is 36.2 Å². The molecule has 3 nitrogen and oxygen atoms in total. The molecule has 1 heterocycles. The number of hydrogen-bond donors (Lipinski definition) is 2. The smallest absolute Gasteiger partial charge is 0.222 e. The minimum atomic E-state index is -0.210. The molecule has 0 radical (unpaired) electrons.